The molecule has 0 radical (unpaired) electrons. The zero-order chi connectivity index (χ0) is 19.8. The van der Waals surface area contributed by atoms with Gasteiger partial charge in [0.1, 0.15) is 6.04 Å². The molecule has 144 valence electrons. The molecule has 2 rings (SSSR count). The maximum atomic E-state index is 12.6. The number of hydrogen-bond donors (Lipinski definition) is 3. The molecule has 0 aliphatic carbocycles. The maximum absolute atomic E-state index is 12.6. The Labute approximate surface area is 177 Å². The zero-order valence-electron chi connectivity index (χ0n) is 14.4. The molecule has 2 aromatic carbocycles. The molecule has 27 heavy (non-hydrogen) atoms. The third-order valence-corrected chi connectivity index (χ3v) is 5.04. The SMILES string of the molecule is CSCCC(NC(=O)c1ccccc1)C(=O)NNc1c(Cl)cc(Cl)cc1Cl. The number of amides is 2. The molecule has 1 unspecified atom stereocenters. The number of rotatable bonds is 8. The first-order valence-electron chi connectivity index (χ1n) is 7.97. The molecule has 0 fully saturated rings. The maximum Gasteiger partial charge on any atom is 0.260 e. The lowest BCUT2D eigenvalue weighted by Crippen LogP contribution is -2.48. The van der Waals surface area contributed by atoms with Crippen LogP contribution >= 0.6 is 46.6 Å². The van der Waals surface area contributed by atoms with Crippen molar-refractivity contribution in [3.63, 3.8) is 0 Å². The number of anilines is 1. The van der Waals surface area contributed by atoms with Crippen LogP contribution in [0, 0.1) is 0 Å². The third kappa shape index (κ3) is 6.50. The summed E-state index contributed by atoms with van der Waals surface area (Å²) in [6.07, 6.45) is 2.40. The predicted molar refractivity (Wildman–Crippen MR) is 114 cm³/mol. The summed E-state index contributed by atoms with van der Waals surface area (Å²) in [6.45, 7) is 0. The van der Waals surface area contributed by atoms with Crippen LogP contribution in [0.5, 0.6) is 0 Å². The van der Waals surface area contributed by atoms with Gasteiger partial charge in [0.05, 0.1) is 15.7 Å². The van der Waals surface area contributed by atoms with Crippen LogP contribution in [0.4, 0.5) is 5.69 Å². The van der Waals surface area contributed by atoms with Crippen LogP contribution < -0.4 is 16.2 Å². The molecule has 0 saturated carbocycles. The lowest BCUT2D eigenvalue weighted by atomic mass is 10.1. The van der Waals surface area contributed by atoms with E-state index in [4.69, 9.17) is 34.8 Å². The highest BCUT2D eigenvalue weighted by Gasteiger charge is 2.21. The quantitative estimate of drug-likeness (QED) is 0.517. The van der Waals surface area contributed by atoms with Gasteiger partial charge < -0.3 is 5.32 Å². The zero-order valence-corrected chi connectivity index (χ0v) is 17.5. The number of carbonyl (C=O) groups excluding carboxylic acids is 2. The highest BCUT2D eigenvalue weighted by Crippen LogP contribution is 2.33. The lowest BCUT2D eigenvalue weighted by Gasteiger charge is -2.19. The minimum atomic E-state index is -0.720. The van der Waals surface area contributed by atoms with Crippen molar-refractivity contribution in [2.45, 2.75) is 12.5 Å². The van der Waals surface area contributed by atoms with E-state index in [0.29, 0.717) is 28.4 Å². The molecule has 2 aromatic rings. The van der Waals surface area contributed by atoms with Gasteiger partial charge in [-0.25, -0.2) is 0 Å². The molecule has 0 aliphatic heterocycles. The Morgan fingerprint density at radius 3 is 2.30 bits per heavy atom. The van der Waals surface area contributed by atoms with Crippen molar-refractivity contribution >= 4 is 64.1 Å². The summed E-state index contributed by atoms with van der Waals surface area (Å²) >= 11 is 19.6. The summed E-state index contributed by atoms with van der Waals surface area (Å²) in [5.74, 6) is -0.0230. The molecule has 3 N–H and O–H groups in total. The van der Waals surface area contributed by atoms with Crippen LogP contribution in [0.2, 0.25) is 15.1 Å². The Hall–Kier alpha value is -1.60. The van der Waals surface area contributed by atoms with Gasteiger partial charge in [-0.1, -0.05) is 53.0 Å². The fourth-order valence-electron chi connectivity index (χ4n) is 2.21. The van der Waals surface area contributed by atoms with Gasteiger partial charge in [0.15, 0.2) is 0 Å². The molecular weight excluding hydrogens is 429 g/mol. The number of carbonyl (C=O) groups is 2. The molecule has 0 bridgehead atoms. The van der Waals surface area contributed by atoms with Crippen molar-refractivity contribution in [2.75, 3.05) is 17.4 Å². The Bertz CT molecular complexity index is 783. The van der Waals surface area contributed by atoms with Crippen LogP contribution in [0.25, 0.3) is 0 Å². The molecule has 0 aliphatic rings. The van der Waals surface area contributed by atoms with Crippen molar-refractivity contribution in [3.05, 3.63) is 63.1 Å². The number of nitrogens with one attached hydrogen (secondary N) is 3. The van der Waals surface area contributed by atoms with Gasteiger partial charge in [0.2, 0.25) is 0 Å². The first-order valence-corrected chi connectivity index (χ1v) is 10.5. The van der Waals surface area contributed by atoms with Crippen molar-refractivity contribution in [1.82, 2.24) is 10.7 Å². The summed E-state index contributed by atoms with van der Waals surface area (Å²) in [4.78, 5) is 24.9. The van der Waals surface area contributed by atoms with Gasteiger partial charge in [-0.3, -0.25) is 20.4 Å². The van der Waals surface area contributed by atoms with Crippen molar-refractivity contribution < 1.29 is 9.59 Å². The molecule has 0 heterocycles. The van der Waals surface area contributed by atoms with Crippen molar-refractivity contribution in [2.24, 2.45) is 0 Å². The average molecular weight is 447 g/mol. The van der Waals surface area contributed by atoms with Gasteiger partial charge in [-0.15, -0.1) is 0 Å². The van der Waals surface area contributed by atoms with Gasteiger partial charge in [0.25, 0.3) is 11.8 Å². The van der Waals surface area contributed by atoms with E-state index in [2.05, 4.69) is 16.2 Å². The molecule has 0 aromatic heterocycles. The van der Waals surface area contributed by atoms with E-state index in [1.165, 1.54) is 12.1 Å². The standard InChI is InChI=1S/C18H18Cl3N3O2S/c1-27-8-7-15(22-17(25)11-5-3-2-4-6-11)18(26)24-23-16-13(20)9-12(19)10-14(16)21/h2-6,9-10,15,23H,7-8H2,1H3,(H,22,25)(H,24,26). The summed E-state index contributed by atoms with van der Waals surface area (Å²) in [5.41, 5.74) is 6.05. The van der Waals surface area contributed by atoms with Crippen LogP contribution in [-0.4, -0.2) is 29.9 Å². The van der Waals surface area contributed by atoms with E-state index in [0.717, 1.165) is 0 Å². The van der Waals surface area contributed by atoms with Gasteiger partial charge in [0, 0.05) is 10.6 Å². The second-order valence-electron chi connectivity index (χ2n) is 5.53. The van der Waals surface area contributed by atoms with Crippen LogP contribution in [0.1, 0.15) is 16.8 Å². The number of thioether (sulfide) groups is 1. The van der Waals surface area contributed by atoms with Gasteiger partial charge >= 0.3 is 0 Å². The van der Waals surface area contributed by atoms with Crippen molar-refractivity contribution in [1.29, 1.82) is 0 Å². The van der Waals surface area contributed by atoms with E-state index >= 15 is 0 Å². The average Bonchev–Trinajstić information content (AvgIpc) is 2.64. The van der Waals surface area contributed by atoms with Crippen LogP contribution in [0.3, 0.4) is 0 Å². The molecule has 2 amide bonds. The largest absolute Gasteiger partial charge is 0.340 e. The Morgan fingerprint density at radius 2 is 1.70 bits per heavy atom. The predicted octanol–water partition coefficient (Wildman–Crippen LogP) is 4.64. The molecule has 0 saturated heterocycles. The van der Waals surface area contributed by atoms with E-state index in [9.17, 15) is 9.59 Å². The van der Waals surface area contributed by atoms with Gasteiger partial charge in [-0.05, 0) is 42.7 Å². The topological polar surface area (TPSA) is 70.2 Å². The normalized spacial score (nSPS) is 11.6. The molecule has 1 atom stereocenters. The summed E-state index contributed by atoms with van der Waals surface area (Å²) < 4.78 is 0. The summed E-state index contributed by atoms with van der Waals surface area (Å²) in [7, 11) is 0. The first-order chi connectivity index (χ1) is 12.9. The summed E-state index contributed by atoms with van der Waals surface area (Å²) in [5, 5.41) is 3.67. The minimum absolute atomic E-state index is 0.266. The van der Waals surface area contributed by atoms with Crippen LogP contribution in [-0.2, 0) is 4.79 Å². The Morgan fingerprint density at radius 1 is 1.07 bits per heavy atom. The van der Waals surface area contributed by atoms with E-state index in [-0.39, 0.29) is 16.0 Å². The lowest BCUT2D eigenvalue weighted by molar-refractivity contribution is -0.122. The van der Waals surface area contributed by atoms with E-state index < -0.39 is 11.9 Å². The second kappa shape index (κ2) is 10.7. The molecule has 0 spiro atoms. The van der Waals surface area contributed by atoms with Crippen molar-refractivity contribution in [3.8, 4) is 0 Å². The second-order valence-corrected chi connectivity index (χ2v) is 7.77. The fraction of sp³-hybridized carbons (Fsp3) is 0.222. The monoisotopic (exact) mass is 445 g/mol. The number of hydrogen-bond acceptors (Lipinski definition) is 4. The Balaban J connectivity index is 2.05. The highest BCUT2D eigenvalue weighted by atomic mass is 35.5. The Kier molecular flexibility index (Phi) is 8.57. The first kappa shape index (κ1) is 21.7. The minimum Gasteiger partial charge on any atom is -0.340 e. The van der Waals surface area contributed by atoms with Crippen LogP contribution in [0.15, 0.2) is 42.5 Å². The highest BCUT2D eigenvalue weighted by molar-refractivity contribution is 7.98. The molecular formula is C18H18Cl3N3O2S. The molecule has 9 heteroatoms. The summed E-state index contributed by atoms with van der Waals surface area (Å²) in [6, 6.07) is 11.0. The smallest absolute Gasteiger partial charge is 0.260 e. The van der Waals surface area contributed by atoms with E-state index in [1.807, 2.05) is 12.3 Å². The number of halogens is 3. The number of hydrazine groups is 1. The van der Waals surface area contributed by atoms with Gasteiger partial charge in [-0.2, -0.15) is 11.8 Å². The third-order valence-electron chi connectivity index (χ3n) is 3.59. The molecule has 5 nitrogen and oxygen atoms in total. The fourth-order valence-corrected chi connectivity index (χ4v) is 3.59. The van der Waals surface area contributed by atoms with E-state index in [1.54, 1.807) is 36.0 Å². The number of benzene rings is 2.